The zero-order chi connectivity index (χ0) is 45.0. The van der Waals surface area contributed by atoms with Gasteiger partial charge in [-0.15, -0.1) is 11.3 Å². The first-order valence-electron chi connectivity index (χ1n) is 22.9. The normalized spacial score (nSPS) is 11.5. The summed E-state index contributed by atoms with van der Waals surface area (Å²) in [5.74, 6) is 1.88. The van der Waals surface area contributed by atoms with Gasteiger partial charge in [-0.1, -0.05) is 188 Å². The summed E-state index contributed by atoms with van der Waals surface area (Å²) in [7, 11) is 0. The molecule has 318 valence electrons. The van der Waals surface area contributed by atoms with Crippen molar-refractivity contribution in [3.8, 4) is 84.4 Å². The lowest BCUT2D eigenvalue weighted by Gasteiger charge is -2.16. The molecule has 3 aromatic heterocycles. The van der Waals surface area contributed by atoms with Crippen LogP contribution in [0.3, 0.4) is 0 Å². The largest absolute Gasteiger partial charge is 0.309 e. The van der Waals surface area contributed by atoms with Crippen LogP contribution in [-0.4, -0.2) is 19.5 Å². The molecule has 0 aliphatic rings. The van der Waals surface area contributed by atoms with E-state index in [1.54, 1.807) is 11.3 Å². The number of thiophene rings is 1. The van der Waals surface area contributed by atoms with Gasteiger partial charge < -0.3 is 4.57 Å². The van der Waals surface area contributed by atoms with E-state index in [-0.39, 0.29) is 0 Å². The Labute approximate surface area is 397 Å². The van der Waals surface area contributed by atoms with Gasteiger partial charge in [0.1, 0.15) is 0 Å². The molecule has 10 aromatic carbocycles. The first-order valence-corrected chi connectivity index (χ1v) is 23.7. The van der Waals surface area contributed by atoms with Gasteiger partial charge in [0.25, 0.3) is 0 Å². The second kappa shape index (κ2) is 16.6. The van der Waals surface area contributed by atoms with Crippen molar-refractivity contribution >= 4 is 53.3 Å². The molecule has 5 heteroatoms. The van der Waals surface area contributed by atoms with Crippen LogP contribution in [0.15, 0.2) is 243 Å². The van der Waals surface area contributed by atoms with E-state index in [2.05, 4.69) is 241 Å². The van der Waals surface area contributed by atoms with Crippen LogP contribution < -0.4 is 0 Å². The summed E-state index contributed by atoms with van der Waals surface area (Å²) < 4.78 is 4.83. The fourth-order valence-electron chi connectivity index (χ4n) is 9.74. The summed E-state index contributed by atoms with van der Waals surface area (Å²) >= 11 is 1.78. The minimum Gasteiger partial charge on any atom is -0.309 e. The highest BCUT2D eigenvalue weighted by Gasteiger charge is 2.21. The van der Waals surface area contributed by atoms with Crippen LogP contribution in [-0.2, 0) is 0 Å². The van der Waals surface area contributed by atoms with Crippen LogP contribution in [0.25, 0.3) is 126 Å². The molecule has 0 amide bonds. The van der Waals surface area contributed by atoms with E-state index in [1.807, 2.05) is 6.07 Å². The Hall–Kier alpha value is -8.77. The van der Waals surface area contributed by atoms with E-state index in [1.165, 1.54) is 48.5 Å². The molecule has 0 spiro atoms. The Morgan fingerprint density at radius 3 is 1.35 bits per heavy atom. The predicted octanol–water partition coefficient (Wildman–Crippen LogP) is 17.0. The number of aromatic nitrogens is 4. The molecule has 68 heavy (non-hydrogen) atoms. The summed E-state index contributed by atoms with van der Waals surface area (Å²) in [6, 6.07) is 86.5. The van der Waals surface area contributed by atoms with E-state index in [4.69, 9.17) is 15.0 Å². The Bertz CT molecular complexity index is 3890. The van der Waals surface area contributed by atoms with Crippen molar-refractivity contribution in [3.63, 3.8) is 0 Å². The topological polar surface area (TPSA) is 43.6 Å². The van der Waals surface area contributed by atoms with Gasteiger partial charge in [0.05, 0.1) is 16.7 Å². The number of benzene rings is 10. The molecule has 0 saturated carbocycles. The molecule has 0 atom stereocenters. The smallest absolute Gasteiger partial charge is 0.165 e. The standard InChI is InChI=1S/C63H40N4S/c1-5-16-41(17-6-1)44-28-30-46(31-29-44)61-64-62(66-63(65-61)52-26-15-25-51-50-24-13-14-27-59(50)68-60(51)52)49-34-37-56(53(40-49)45-22-11-4-12-23-45)67-57-35-32-47(42-18-7-2-8-19-42)38-54(57)55-39-48(33-36-58(55)67)43-20-9-3-10-21-43/h1-40H. The second-order valence-electron chi connectivity index (χ2n) is 17.2. The molecule has 0 bridgehead atoms. The van der Waals surface area contributed by atoms with Crippen LogP contribution in [0.2, 0.25) is 0 Å². The first kappa shape index (κ1) is 39.6. The van der Waals surface area contributed by atoms with Crippen molar-refractivity contribution < 1.29 is 0 Å². The van der Waals surface area contributed by atoms with Gasteiger partial charge >= 0.3 is 0 Å². The van der Waals surface area contributed by atoms with Crippen molar-refractivity contribution in [3.05, 3.63) is 243 Å². The van der Waals surface area contributed by atoms with Crippen LogP contribution in [0, 0.1) is 0 Å². The molecule has 0 unspecified atom stereocenters. The highest BCUT2D eigenvalue weighted by atomic mass is 32.1. The molecule has 0 saturated heterocycles. The van der Waals surface area contributed by atoms with E-state index in [0.29, 0.717) is 17.5 Å². The molecule has 4 nitrogen and oxygen atoms in total. The number of hydrogen-bond donors (Lipinski definition) is 0. The Kier molecular flexibility index (Phi) is 9.66. The fraction of sp³-hybridized carbons (Fsp3) is 0. The summed E-state index contributed by atoms with van der Waals surface area (Å²) in [5.41, 5.74) is 15.4. The maximum Gasteiger partial charge on any atom is 0.165 e. The minimum atomic E-state index is 0.612. The molecule has 0 aliphatic carbocycles. The summed E-state index contributed by atoms with van der Waals surface area (Å²) in [6.45, 7) is 0. The molecule has 0 N–H and O–H groups in total. The van der Waals surface area contributed by atoms with E-state index >= 15 is 0 Å². The van der Waals surface area contributed by atoms with Gasteiger partial charge in [-0.3, -0.25) is 0 Å². The van der Waals surface area contributed by atoms with Gasteiger partial charge in [0, 0.05) is 53.2 Å². The lowest BCUT2D eigenvalue weighted by Crippen LogP contribution is -2.02. The van der Waals surface area contributed by atoms with Gasteiger partial charge in [0.2, 0.25) is 0 Å². The third kappa shape index (κ3) is 6.96. The molecule has 13 rings (SSSR count). The van der Waals surface area contributed by atoms with Crippen LogP contribution >= 0.6 is 11.3 Å². The zero-order valence-corrected chi connectivity index (χ0v) is 37.6. The number of hydrogen-bond acceptors (Lipinski definition) is 4. The first-order chi connectivity index (χ1) is 33.7. The minimum absolute atomic E-state index is 0.612. The summed E-state index contributed by atoms with van der Waals surface area (Å²) in [6.07, 6.45) is 0. The zero-order valence-electron chi connectivity index (χ0n) is 36.8. The lowest BCUT2D eigenvalue weighted by atomic mass is 9.99. The number of rotatable bonds is 8. The summed E-state index contributed by atoms with van der Waals surface area (Å²) in [5, 5.41) is 4.83. The highest BCUT2D eigenvalue weighted by molar-refractivity contribution is 7.26. The van der Waals surface area contributed by atoms with Crippen molar-refractivity contribution in [1.29, 1.82) is 0 Å². The molecule has 0 aliphatic heterocycles. The van der Waals surface area contributed by atoms with E-state index in [9.17, 15) is 0 Å². The Balaban J connectivity index is 1.02. The van der Waals surface area contributed by atoms with E-state index in [0.717, 1.165) is 60.4 Å². The summed E-state index contributed by atoms with van der Waals surface area (Å²) in [4.78, 5) is 15.9. The predicted molar refractivity (Wildman–Crippen MR) is 285 cm³/mol. The van der Waals surface area contributed by atoms with Gasteiger partial charge in [-0.2, -0.15) is 0 Å². The fourth-order valence-corrected chi connectivity index (χ4v) is 11.0. The Morgan fingerprint density at radius 1 is 0.279 bits per heavy atom. The Morgan fingerprint density at radius 2 is 0.735 bits per heavy atom. The average Bonchev–Trinajstić information content (AvgIpc) is 3.97. The highest BCUT2D eigenvalue weighted by Crippen LogP contribution is 2.43. The lowest BCUT2D eigenvalue weighted by molar-refractivity contribution is 1.08. The quantitative estimate of drug-likeness (QED) is 0.153. The van der Waals surface area contributed by atoms with Crippen molar-refractivity contribution in [2.45, 2.75) is 0 Å². The van der Waals surface area contributed by atoms with Gasteiger partial charge in [0.15, 0.2) is 17.5 Å². The van der Waals surface area contributed by atoms with Crippen LogP contribution in [0.1, 0.15) is 0 Å². The number of fused-ring (bicyclic) bond motifs is 6. The molecule has 0 radical (unpaired) electrons. The number of nitrogens with zero attached hydrogens (tertiary/aromatic N) is 4. The second-order valence-corrected chi connectivity index (χ2v) is 18.2. The molecular formula is C63H40N4S. The van der Waals surface area contributed by atoms with E-state index < -0.39 is 0 Å². The SMILES string of the molecule is c1ccc(-c2ccc(-c3nc(-c4ccc(-n5c6ccc(-c7ccccc7)cc6c6cc(-c7ccccc7)ccc65)c(-c5ccccc5)c4)nc(-c4cccc5c4sc4ccccc45)n3)cc2)cc1. The van der Waals surface area contributed by atoms with Crippen LogP contribution in [0.4, 0.5) is 0 Å². The van der Waals surface area contributed by atoms with Crippen molar-refractivity contribution in [1.82, 2.24) is 19.5 Å². The van der Waals surface area contributed by atoms with Gasteiger partial charge in [-0.05, 0) is 93.5 Å². The maximum absolute atomic E-state index is 5.37. The van der Waals surface area contributed by atoms with Crippen molar-refractivity contribution in [2.75, 3.05) is 0 Å². The molecule has 13 aromatic rings. The molecule has 0 fully saturated rings. The third-order valence-electron chi connectivity index (χ3n) is 13.1. The van der Waals surface area contributed by atoms with Gasteiger partial charge in [-0.25, -0.2) is 15.0 Å². The molecule has 3 heterocycles. The maximum atomic E-state index is 5.37. The monoisotopic (exact) mass is 884 g/mol. The van der Waals surface area contributed by atoms with Crippen molar-refractivity contribution in [2.24, 2.45) is 0 Å². The average molecular weight is 885 g/mol. The van der Waals surface area contributed by atoms with Crippen LogP contribution in [0.5, 0.6) is 0 Å². The molecular weight excluding hydrogens is 845 g/mol. The third-order valence-corrected chi connectivity index (χ3v) is 14.3.